The maximum Gasteiger partial charge on any atom is 0.217 e. The molecule has 0 aliphatic carbocycles. The van der Waals surface area contributed by atoms with Gasteiger partial charge in [-0.2, -0.15) is 0 Å². The molecule has 0 aromatic heterocycles. The number of carbonyl (C=O) groups excluding carboxylic acids is 1. The minimum Gasteiger partial charge on any atom is -0.492 e. The monoisotopic (exact) mass is 258 g/mol. The van der Waals surface area contributed by atoms with Crippen molar-refractivity contribution in [3.8, 4) is 5.75 Å². The van der Waals surface area contributed by atoms with Gasteiger partial charge < -0.3 is 15.8 Å². The van der Waals surface area contributed by atoms with Crippen LogP contribution in [0.2, 0.25) is 0 Å². The number of benzene rings is 2. The molecule has 3 N–H and O–H groups in total. The van der Waals surface area contributed by atoms with Crippen LogP contribution in [0, 0.1) is 0 Å². The Morgan fingerprint density at radius 3 is 2.68 bits per heavy atom. The minimum absolute atomic E-state index is 0.0226. The summed E-state index contributed by atoms with van der Waals surface area (Å²) in [6.45, 7) is 3.10. The fourth-order valence-corrected chi connectivity index (χ4v) is 1.88. The highest BCUT2D eigenvalue weighted by molar-refractivity contribution is 5.84. The summed E-state index contributed by atoms with van der Waals surface area (Å²) in [6.07, 6.45) is 0. The fourth-order valence-electron chi connectivity index (χ4n) is 1.88. The first-order chi connectivity index (χ1) is 9.19. The van der Waals surface area contributed by atoms with Crippen LogP contribution in [0.25, 0.3) is 10.8 Å². The smallest absolute Gasteiger partial charge is 0.217 e. The summed E-state index contributed by atoms with van der Waals surface area (Å²) < 4.78 is 5.49. The van der Waals surface area contributed by atoms with Gasteiger partial charge in [-0.1, -0.05) is 18.2 Å². The molecule has 4 nitrogen and oxygen atoms in total. The molecule has 0 bridgehead atoms. The lowest BCUT2D eigenvalue weighted by Gasteiger charge is -2.08. The Kier molecular flexibility index (Phi) is 4.36. The zero-order valence-corrected chi connectivity index (χ0v) is 11.0. The van der Waals surface area contributed by atoms with Crippen molar-refractivity contribution in [2.75, 3.05) is 13.2 Å². The van der Waals surface area contributed by atoms with Gasteiger partial charge in [-0.25, -0.2) is 0 Å². The molecule has 1 amide bonds. The van der Waals surface area contributed by atoms with Gasteiger partial charge in [0.1, 0.15) is 12.4 Å². The highest BCUT2D eigenvalue weighted by Crippen LogP contribution is 2.22. The van der Waals surface area contributed by atoms with E-state index in [9.17, 15) is 4.79 Å². The second-order valence-electron chi connectivity index (χ2n) is 4.39. The SMILES string of the molecule is CC(=O)NCc1ccc2cc(OCCN)ccc2c1. The average molecular weight is 258 g/mol. The van der Waals surface area contributed by atoms with Gasteiger partial charge in [0, 0.05) is 20.0 Å². The summed E-state index contributed by atoms with van der Waals surface area (Å²) >= 11 is 0. The lowest BCUT2D eigenvalue weighted by Crippen LogP contribution is -2.18. The molecule has 0 spiro atoms. The van der Waals surface area contributed by atoms with Gasteiger partial charge in [-0.05, 0) is 34.5 Å². The quantitative estimate of drug-likeness (QED) is 0.859. The van der Waals surface area contributed by atoms with Gasteiger partial charge >= 0.3 is 0 Å². The molecule has 0 unspecified atom stereocenters. The zero-order chi connectivity index (χ0) is 13.7. The van der Waals surface area contributed by atoms with Crippen LogP contribution in [-0.4, -0.2) is 19.1 Å². The summed E-state index contributed by atoms with van der Waals surface area (Å²) in [5.41, 5.74) is 6.49. The first kappa shape index (κ1) is 13.4. The summed E-state index contributed by atoms with van der Waals surface area (Å²) in [6, 6.07) is 12.0. The molecular weight excluding hydrogens is 240 g/mol. The van der Waals surface area contributed by atoms with Gasteiger partial charge in [-0.15, -0.1) is 0 Å². The second-order valence-corrected chi connectivity index (χ2v) is 4.39. The van der Waals surface area contributed by atoms with E-state index in [1.54, 1.807) is 0 Å². The van der Waals surface area contributed by atoms with E-state index in [-0.39, 0.29) is 5.91 Å². The average Bonchev–Trinajstić information content (AvgIpc) is 2.42. The largest absolute Gasteiger partial charge is 0.492 e. The number of rotatable bonds is 5. The maximum absolute atomic E-state index is 10.9. The normalized spacial score (nSPS) is 10.4. The lowest BCUT2D eigenvalue weighted by atomic mass is 10.1. The van der Waals surface area contributed by atoms with E-state index in [4.69, 9.17) is 10.5 Å². The highest BCUT2D eigenvalue weighted by atomic mass is 16.5. The maximum atomic E-state index is 10.9. The van der Waals surface area contributed by atoms with Crippen molar-refractivity contribution in [1.29, 1.82) is 0 Å². The molecule has 2 aromatic carbocycles. The number of hydrogen-bond acceptors (Lipinski definition) is 3. The summed E-state index contributed by atoms with van der Waals surface area (Å²) in [5.74, 6) is 0.804. The van der Waals surface area contributed by atoms with Gasteiger partial charge in [0.2, 0.25) is 5.91 Å². The van der Waals surface area contributed by atoms with Crippen molar-refractivity contribution < 1.29 is 9.53 Å². The number of hydrogen-bond donors (Lipinski definition) is 2. The molecule has 0 saturated heterocycles. The van der Waals surface area contributed by atoms with Crippen LogP contribution in [0.5, 0.6) is 5.75 Å². The standard InChI is InChI=1S/C15H18N2O2/c1-11(18)17-10-12-2-3-14-9-15(19-7-6-16)5-4-13(14)8-12/h2-5,8-9H,6-7,10,16H2,1H3,(H,17,18). The van der Waals surface area contributed by atoms with Crippen LogP contribution < -0.4 is 15.8 Å². The topological polar surface area (TPSA) is 64.3 Å². The third kappa shape index (κ3) is 3.69. The van der Waals surface area contributed by atoms with Crippen LogP contribution in [0.1, 0.15) is 12.5 Å². The van der Waals surface area contributed by atoms with Gasteiger partial charge in [0.15, 0.2) is 0 Å². The van der Waals surface area contributed by atoms with Crippen molar-refractivity contribution in [2.24, 2.45) is 5.73 Å². The fraction of sp³-hybridized carbons (Fsp3) is 0.267. The molecule has 2 aromatic rings. The van der Waals surface area contributed by atoms with E-state index < -0.39 is 0 Å². The number of nitrogens with one attached hydrogen (secondary N) is 1. The predicted octanol–water partition coefficient (Wildman–Crippen LogP) is 1.81. The first-order valence-electron chi connectivity index (χ1n) is 6.29. The van der Waals surface area contributed by atoms with Crippen LogP contribution in [0.3, 0.4) is 0 Å². The second kappa shape index (κ2) is 6.20. The summed E-state index contributed by atoms with van der Waals surface area (Å²) in [5, 5.41) is 5.03. The molecule has 2 rings (SSSR count). The van der Waals surface area contributed by atoms with E-state index in [1.165, 1.54) is 6.92 Å². The third-order valence-electron chi connectivity index (χ3n) is 2.80. The van der Waals surface area contributed by atoms with E-state index in [0.29, 0.717) is 19.7 Å². The summed E-state index contributed by atoms with van der Waals surface area (Å²) in [4.78, 5) is 10.9. The summed E-state index contributed by atoms with van der Waals surface area (Å²) in [7, 11) is 0. The molecular formula is C15H18N2O2. The molecule has 0 aliphatic heterocycles. The van der Waals surface area contributed by atoms with Crippen LogP contribution in [0.15, 0.2) is 36.4 Å². The van der Waals surface area contributed by atoms with E-state index >= 15 is 0 Å². The Hall–Kier alpha value is -2.07. The van der Waals surface area contributed by atoms with Crippen molar-refractivity contribution in [3.05, 3.63) is 42.0 Å². The van der Waals surface area contributed by atoms with Gasteiger partial charge in [0.25, 0.3) is 0 Å². The van der Waals surface area contributed by atoms with Crippen molar-refractivity contribution in [3.63, 3.8) is 0 Å². The molecule has 0 aliphatic rings. The molecule has 19 heavy (non-hydrogen) atoms. The van der Waals surface area contributed by atoms with Crippen molar-refractivity contribution >= 4 is 16.7 Å². The minimum atomic E-state index is -0.0226. The van der Waals surface area contributed by atoms with Crippen LogP contribution >= 0.6 is 0 Å². The molecule has 0 fully saturated rings. The van der Waals surface area contributed by atoms with Gasteiger partial charge in [0.05, 0.1) is 0 Å². The molecule has 0 heterocycles. The number of fused-ring (bicyclic) bond motifs is 1. The Morgan fingerprint density at radius 2 is 1.95 bits per heavy atom. The van der Waals surface area contributed by atoms with Crippen LogP contribution in [0.4, 0.5) is 0 Å². The van der Waals surface area contributed by atoms with Crippen LogP contribution in [-0.2, 0) is 11.3 Å². The zero-order valence-electron chi connectivity index (χ0n) is 11.0. The number of carbonyl (C=O) groups is 1. The van der Waals surface area contributed by atoms with E-state index in [1.807, 2.05) is 30.3 Å². The Bertz CT molecular complexity index is 581. The Labute approximate surface area is 112 Å². The third-order valence-corrected chi connectivity index (χ3v) is 2.80. The van der Waals surface area contributed by atoms with Gasteiger partial charge in [-0.3, -0.25) is 4.79 Å². The molecule has 4 heteroatoms. The lowest BCUT2D eigenvalue weighted by molar-refractivity contribution is -0.119. The van der Waals surface area contributed by atoms with Crippen molar-refractivity contribution in [1.82, 2.24) is 5.32 Å². The molecule has 0 radical (unpaired) electrons. The predicted molar refractivity (Wildman–Crippen MR) is 76.0 cm³/mol. The highest BCUT2D eigenvalue weighted by Gasteiger charge is 2.00. The molecule has 0 saturated carbocycles. The Morgan fingerprint density at radius 1 is 1.21 bits per heavy atom. The number of amides is 1. The Balaban J connectivity index is 2.17. The van der Waals surface area contributed by atoms with Crippen molar-refractivity contribution in [2.45, 2.75) is 13.5 Å². The molecule has 0 atom stereocenters. The molecule has 100 valence electrons. The van der Waals surface area contributed by atoms with E-state index in [0.717, 1.165) is 22.1 Å². The number of nitrogens with two attached hydrogens (primary N) is 1. The first-order valence-corrected chi connectivity index (χ1v) is 6.29. The van der Waals surface area contributed by atoms with E-state index in [2.05, 4.69) is 11.4 Å². The number of ether oxygens (including phenoxy) is 1.